The Kier molecular flexibility index (Phi) is 2.78. The van der Waals surface area contributed by atoms with Gasteiger partial charge in [-0.3, -0.25) is 0 Å². The summed E-state index contributed by atoms with van der Waals surface area (Å²) in [5.74, 6) is 1.12. The van der Waals surface area contributed by atoms with Crippen LogP contribution in [0.2, 0.25) is 0 Å². The Balaban J connectivity index is 2.02. The van der Waals surface area contributed by atoms with E-state index in [-0.39, 0.29) is 6.61 Å². The Morgan fingerprint density at radius 2 is 2.38 bits per heavy atom. The standard InChI is InChI=1S/C10H9N5O/c1-15-13-10(12-14-15)7-16-9-4-2-3-8(5-9)6-11/h2-5H,7H2,1H3. The molecule has 1 aromatic carbocycles. The van der Waals surface area contributed by atoms with Gasteiger partial charge >= 0.3 is 0 Å². The van der Waals surface area contributed by atoms with Crippen molar-refractivity contribution in [2.24, 2.45) is 7.05 Å². The number of ether oxygens (including phenoxy) is 1. The number of hydrogen-bond acceptors (Lipinski definition) is 5. The van der Waals surface area contributed by atoms with E-state index in [1.54, 1.807) is 31.3 Å². The lowest BCUT2D eigenvalue weighted by Crippen LogP contribution is -1.99. The molecule has 1 heterocycles. The van der Waals surface area contributed by atoms with Crippen molar-refractivity contribution in [3.63, 3.8) is 0 Å². The first kappa shape index (κ1) is 10.1. The fourth-order valence-corrected chi connectivity index (χ4v) is 1.18. The summed E-state index contributed by atoms with van der Waals surface area (Å²) in [6.07, 6.45) is 0. The molecule has 0 fully saturated rings. The molecule has 0 saturated carbocycles. The van der Waals surface area contributed by atoms with Crippen LogP contribution in [0.3, 0.4) is 0 Å². The molecule has 0 saturated heterocycles. The Bertz CT molecular complexity index is 528. The van der Waals surface area contributed by atoms with Crippen LogP contribution in [0.1, 0.15) is 11.4 Å². The number of aryl methyl sites for hydroxylation is 1. The molecule has 0 aliphatic carbocycles. The minimum absolute atomic E-state index is 0.239. The maximum absolute atomic E-state index is 8.71. The van der Waals surface area contributed by atoms with Crippen LogP contribution in [0.25, 0.3) is 0 Å². The van der Waals surface area contributed by atoms with Gasteiger partial charge in [0.15, 0.2) is 6.61 Å². The minimum atomic E-state index is 0.239. The van der Waals surface area contributed by atoms with Crippen LogP contribution >= 0.6 is 0 Å². The van der Waals surface area contributed by atoms with Crippen molar-refractivity contribution >= 4 is 0 Å². The second-order valence-corrected chi connectivity index (χ2v) is 3.12. The van der Waals surface area contributed by atoms with Crippen LogP contribution in [-0.2, 0) is 13.7 Å². The maximum Gasteiger partial charge on any atom is 0.212 e. The van der Waals surface area contributed by atoms with Crippen molar-refractivity contribution in [1.29, 1.82) is 5.26 Å². The smallest absolute Gasteiger partial charge is 0.212 e. The highest BCUT2D eigenvalue weighted by Crippen LogP contribution is 2.13. The number of benzene rings is 1. The summed E-state index contributed by atoms with van der Waals surface area (Å²) >= 11 is 0. The van der Waals surface area contributed by atoms with Gasteiger partial charge < -0.3 is 4.74 Å². The molecule has 6 heteroatoms. The van der Waals surface area contributed by atoms with Gasteiger partial charge in [0.25, 0.3) is 0 Å². The molecule has 1 aromatic heterocycles. The van der Waals surface area contributed by atoms with Gasteiger partial charge in [-0.15, -0.1) is 10.2 Å². The third-order valence-electron chi connectivity index (χ3n) is 1.88. The number of hydrogen-bond donors (Lipinski definition) is 0. The normalized spacial score (nSPS) is 9.75. The number of rotatable bonds is 3. The molecule has 0 atom stereocenters. The third-order valence-corrected chi connectivity index (χ3v) is 1.88. The van der Waals surface area contributed by atoms with Crippen LogP contribution in [0.5, 0.6) is 5.75 Å². The Labute approximate surface area is 92.1 Å². The fraction of sp³-hybridized carbons (Fsp3) is 0.200. The van der Waals surface area contributed by atoms with Gasteiger partial charge in [0.1, 0.15) is 5.75 Å². The van der Waals surface area contributed by atoms with Crippen LogP contribution < -0.4 is 4.74 Å². The van der Waals surface area contributed by atoms with E-state index in [2.05, 4.69) is 15.4 Å². The average Bonchev–Trinajstić information content (AvgIpc) is 2.73. The molecule has 16 heavy (non-hydrogen) atoms. The van der Waals surface area contributed by atoms with Gasteiger partial charge in [0.05, 0.1) is 18.7 Å². The van der Waals surface area contributed by atoms with Crippen molar-refractivity contribution in [3.8, 4) is 11.8 Å². The number of nitrogens with zero attached hydrogens (tertiary/aromatic N) is 5. The summed E-state index contributed by atoms with van der Waals surface area (Å²) in [6, 6.07) is 8.96. The molecule has 0 bridgehead atoms. The molecule has 6 nitrogen and oxygen atoms in total. The van der Waals surface area contributed by atoms with E-state index in [1.165, 1.54) is 4.80 Å². The summed E-state index contributed by atoms with van der Waals surface area (Å²) in [4.78, 5) is 1.37. The monoisotopic (exact) mass is 215 g/mol. The molecule has 0 aliphatic heterocycles. The average molecular weight is 215 g/mol. The van der Waals surface area contributed by atoms with Crippen molar-refractivity contribution in [2.75, 3.05) is 0 Å². The SMILES string of the molecule is Cn1nnc(COc2cccc(C#N)c2)n1. The first-order valence-electron chi connectivity index (χ1n) is 4.64. The van der Waals surface area contributed by atoms with Crippen LogP contribution in [0.15, 0.2) is 24.3 Å². The van der Waals surface area contributed by atoms with E-state index < -0.39 is 0 Å². The molecule has 0 amide bonds. The number of nitriles is 1. The maximum atomic E-state index is 8.71. The predicted molar refractivity (Wildman–Crippen MR) is 54.3 cm³/mol. The van der Waals surface area contributed by atoms with Gasteiger partial charge in [-0.05, 0) is 23.4 Å². The first-order valence-corrected chi connectivity index (χ1v) is 4.64. The second-order valence-electron chi connectivity index (χ2n) is 3.12. The zero-order chi connectivity index (χ0) is 11.4. The molecular weight excluding hydrogens is 206 g/mol. The number of aromatic nitrogens is 4. The lowest BCUT2D eigenvalue weighted by Gasteiger charge is -2.02. The lowest BCUT2D eigenvalue weighted by molar-refractivity contribution is 0.295. The molecule has 0 spiro atoms. The van der Waals surface area contributed by atoms with Crippen molar-refractivity contribution in [3.05, 3.63) is 35.7 Å². The van der Waals surface area contributed by atoms with E-state index in [0.717, 1.165) is 0 Å². The molecule has 0 aliphatic rings. The highest BCUT2D eigenvalue weighted by atomic mass is 16.5. The van der Waals surface area contributed by atoms with Crippen molar-refractivity contribution in [1.82, 2.24) is 20.2 Å². The highest BCUT2D eigenvalue weighted by molar-refractivity contribution is 5.36. The van der Waals surface area contributed by atoms with Gasteiger partial charge in [0.2, 0.25) is 5.82 Å². The molecule has 2 aromatic rings. The predicted octanol–water partition coefficient (Wildman–Crippen LogP) is 0.661. The highest BCUT2D eigenvalue weighted by Gasteiger charge is 2.02. The van der Waals surface area contributed by atoms with E-state index in [1.807, 2.05) is 6.07 Å². The lowest BCUT2D eigenvalue weighted by atomic mass is 10.2. The van der Waals surface area contributed by atoms with Crippen LogP contribution in [0, 0.1) is 11.3 Å². The minimum Gasteiger partial charge on any atom is -0.485 e. The van der Waals surface area contributed by atoms with Gasteiger partial charge in [-0.2, -0.15) is 10.1 Å². The first-order chi connectivity index (χ1) is 7.78. The second kappa shape index (κ2) is 4.40. The van der Waals surface area contributed by atoms with Gasteiger partial charge in [-0.1, -0.05) is 6.07 Å². The van der Waals surface area contributed by atoms with E-state index in [0.29, 0.717) is 17.1 Å². The van der Waals surface area contributed by atoms with Gasteiger partial charge in [-0.25, -0.2) is 0 Å². The topological polar surface area (TPSA) is 76.6 Å². The van der Waals surface area contributed by atoms with Crippen molar-refractivity contribution in [2.45, 2.75) is 6.61 Å². The van der Waals surface area contributed by atoms with Gasteiger partial charge in [0, 0.05) is 0 Å². The molecule has 0 N–H and O–H groups in total. The molecule has 2 rings (SSSR count). The summed E-state index contributed by atoms with van der Waals surface area (Å²) in [6.45, 7) is 0.239. The Morgan fingerprint density at radius 3 is 3.06 bits per heavy atom. The van der Waals surface area contributed by atoms with E-state index in [4.69, 9.17) is 10.00 Å². The Hall–Kier alpha value is -2.42. The van der Waals surface area contributed by atoms with Crippen LogP contribution in [-0.4, -0.2) is 20.2 Å². The zero-order valence-corrected chi connectivity index (χ0v) is 8.66. The zero-order valence-electron chi connectivity index (χ0n) is 8.66. The molecular formula is C10H9N5O. The summed E-state index contributed by atoms with van der Waals surface area (Å²) in [7, 11) is 1.69. The molecule has 0 unspecified atom stereocenters. The van der Waals surface area contributed by atoms with E-state index >= 15 is 0 Å². The third kappa shape index (κ3) is 2.33. The summed E-state index contributed by atoms with van der Waals surface area (Å²) in [5.41, 5.74) is 0.560. The molecule has 0 radical (unpaired) electrons. The quantitative estimate of drug-likeness (QED) is 0.751. The fourth-order valence-electron chi connectivity index (χ4n) is 1.18. The molecule has 80 valence electrons. The van der Waals surface area contributed by atoms with Crippen LogP contribution in [0.4, 0.5) is 0 Å². The Morgan fingerprint density at radius 1 is 1.50 bits per heavy atom. The summed E-state index contributed by atoms with van der Waals surface area (Å²) < 4.78 is 5.42. The number of tetrazole rings is 1. The summed E-state index contributed by atoms with van der Waals surface area (Å²) in [5, 5.41) is 20.2. The van der Waals surface area contributed by atoms with Crippen molar-refractivity contribution < 1.29 is 4.74 Å². The van der Waals surface area contributed by atoms with E-state index in [9.17, 15) is 0 Å². The largest absolute Gasteiger partial charge is 0.485 e.